The van der Waals surface area contributed by atoms with Gasteiger partial charge in [-0.05, 0) is 17.7 Å². The number of rotatable bonds is 3. The normalized spacial score (nSPS) is 11.9. The third kappa shape index (κ3) is 2.37. The minimum absolute atomic E-state index is 0.316. The van der Waals surface area contributed by atoms with Crippen LogP contribution in [-0.2, 0) is 5.92 Å². The quantitative estimate of drug-likeness (QED) is 0.565. The maximum absolute atomic E-state index is 13.9. The van der Waals surface area contributed by atoms with E-state index in [9.17, 15) is 26.3 Å². The lowest BCUT2D eigenvalue weighted by Crippen LogP contribution is -2.24. The molecular weight excluding hydrogens is 282 g/mol. The fourth-order valence-electron chi connectivity index (χ4n) is 1.65. The summed E-state index contributed by atoms with van der Waals surface area (Å²) in [5, 5.41) is 0. The van der Waals surface area contributed by atoms with E-state index >= 15 is 0 Å². The van der Waals surface area contributed by atoms with Crippen molar-refractivity contribution in [3.05, 3.63) is 77.2 Å². The Balaban J connectivity index is 2.48. The SMILES string of the molecule is F[C](c1ccccc1)C(F)(F)c1ccc(F)c(F)c1F. The van der Waals surface area contributed by atoms with Crippen LogP contribution in [0.25, 0.3) is 0 Å². The van der Waals surface area contributed by atoms with E-state index in [1.54, 1.807) is 0 Å². The lowest BCUT2D eigenvalue weighted by molar-refractivity contribution is -0.0183. The Labute approximate surface area is 110 Å². The molecule has 0 saturated heterocycles. The van der Waals surface area contributed by atoms with Gasteiger partial charge in [0.2, 0.25) is 6.17 Å². The summed E-state index contributed by atoms with van der Waals surface area (Å²) in [4.78, 5) is 0. The van der Waals surface area contributed by atoms with Crippen molar-refractivity contribution in [3.63, 3.8) is 0 Å². The summed E-state index contributed by atoms with van der Waals surface area (Å²) < 4.78 is 80.6. The first-order valence-corrected chi connectivity index (χ1v) is 5.46. The predicted molar refractivity (Wildman–Crippen MR) is 60.1 cm³/mol. The molecule has 0 unspecified atom stereocenters. The summed E-state index contributed by atoms with van der Waals surface area (Å²) in [6, 6.07) is 6.85. The van der Waals surface area contributed by atoms with Crippen molar-refractivity contribution in [2.24, 2.45) is 0 Å². The molecule has 0 saturated carbocycles. The average Bonchev–Trinajstić information content (AvgIpc) is 2.44. The summed E-state index contributed by atoms with van der Waals surface area (Å²) in [7, 11) is 0. The highest BCUT2D eigenvalue weighted by Crippen LogP contribution is 2.43. The van der Waals surface area contributed by atoms with Gasteiger partial charge in [0.1, 0.15) is 0 Å². The first-order valence-electron chi connectivity index (χ1n) is 5.46. The van der Waals surface area contributed by atoms with Gasteiger partial charge in [0.25, 0.3) is 0 Å². The molecule has 0 nitrogen and oxygen atoms in total. The second kappa shape index (κ2) is 5.19. The molecule has 0 aliphatic rings. The fourth-order valence-corrected chi connectivity index (χ4v) is 1.65. The smallest absolute Gasteiger partial charge is 0.227 e. The first-order chi connectivity index (χ1) is 9.35. The molecule has 0 atom stereocenters. The zero-order valence-electron chi connectivity index (χ0n) is 9.81. The maximum Gasteiger partial charge on any atom is 0.317 e. The minimum atomic E-state index is -4.40. The van der Waals surface area contributed by atoms with Crippen LogP contribution in [0.4, 0.5) is 26.3 Å². The largest absolute Gasteiger partial charge is 0.317 e. The van der Waals surface area contributed by atoms with Crippen LogP contribution in [0.2, 0.25) is 0 Å². The van der Waals surface area contributed by atoms with Crippen LogP contribution < -0.4 is 0 Å². The highest BCUT2D eigenvalue weighted by Gasteiger charge is 2.47. The van der Waals surface area contributed by atoms with Crippen molar-refractivity contribution in [2.75, 3.05) is 0 Å². The summed E-state index contributed by atoms with van der Waals surface area (Å²) in [6.07, 6.45) is -1.94. The van der Waals surface area contributed by atoms with E-state index in [2.05, 4.69) is 0 Å². The molecule has 0 N–H and O–H groups in total. The molecule has 0 spiro atoms. The van der Waals surface area contributed by atoms with Gasteiger partial charge in [-0.2, -0.15) is 8.78 Å². The highest BCUT2D eigenvalue weighted by molar-refractivity contribution is 5.37. The molecule has 2 aromatic rings. The van der Waals surface area contributed by atoms with Crippen molar-refractivity contribution in [1.29, 1.82) is 0 Å². The van der Waals surface area contributed by atoms with Gasteiger partial charge < -0.3 is 0 Å². The van der Waals surface area contributed by atoms with E-state index in [1.165, 1.54) is 18.2 Å². The summed E-state index contributed by atoms with van der Waals surface area (Å²) in [5.74, 6) is -10.2. The summed E-state index contributed by atoms with van der Waals surface area (Å²) in [6.45, 7) is 0. The van der Waals surface area contributed by atoms with Crippen LogP contribution in [0.5, 0.6) is 0 Å². The van der Waals surface area contributed by atoms with Gasteiger partial charge in [0.15, 0.2) is 17.5 Å². The van der Waals surface area contributed by atoms with Crippen molar-refractivity contribution in [2.45, 2.75) is 5.92 Å². The number of alkyl halides is 2. The predicted octanol–water partition coefficient (Wildman–Crippen LogP) is 4.75. The van der Waals surface area contributed by atoms with Crippen LogP contribution >= 0.6 is 0 Å². The van der Waals surface area contributed by atoms with Gasteiger partial charge in [-0.3, -0.25) is 0 Å². The van der Waals surface area contributed by atoms with Gasteiger partial charge in [-0.25, -0.2) is 17.6 Å². The second-order valence-electron chi connectivity index (χ2n) is 3.98. The van der Waals surface area contributed by atoms with E-state index < -0.39 is 40.7 Å². The van der Waals surface area contributed by atoms with Crippen LogP contribution in [-0.4, -0.2) is 0 Å². The van der Waals surface area contributed by atoms with Crippen molar-refractivity contribution >= 4 is 0 Å². The highest BCUT2D eigenvalue weighted by atomic mass is 19.3. The Hall–Kier alpha value is -1.98. The lowest BCUT2D eigenvalue weighted by Gasteiger charge is -2.20. The molecule has 0 heterocycles. The number of hydrogen-bond donors (Lipinski definition) is 0. The first kappa shape index (κ1) is 14.4. The molecule has 1 radical (unpaired) electrons. The molecule has 2 aromatic carbocycles. The maximum atomic E-state index is 13.9. The van der Waals surface area contributed by atoms with Crippen LogP contribution in [0, 0.1) is 23.6 Å². The number of halogens is 6. The van der Waals surface area contributed by atoms with E-state index in [1.807, 2.05) is 0 Å². The Morgan fingerprint density at radius 2 is 1.40 bits per heavy atom. The monoisotopic (exact) mass is 289 g/mol. The Morgan fingerprint density at radius 3 is 2.00 bits per heavy atom. The molecule has 0 aromatic heterocycles. The van der Waals surface area contributed by atoms with Crippen LogP contribution in [0.1, 0.15) is 11.1 Å². The second-order valence-corrected chi connectivity index (χ2v) is 3.98. The average molecular weight is 289 g/mol. The molecule has 2 rings (SSSR count). The van der Waals surface area contributed by atoms with E-state index in [4.69, 9.17) is 0 Å². The molecular formula is C14H7F6. The number of benzene rings is 2. The van der Waals surface area contributed by atoms with Crippen LogP contribution in [0.15, 0.2) is 42.5 Å². The van der Waals surface area contributed by atoms with E-state index in [0.717, 1.165) is 12.1 Å². The zero-order valence-corrected chi connectivity index (χ0v) is 9.81. The molecule has 6 heteroatoms. The molecule has 0 amide bonds. The van der Waals surface area contributed by atoms with Crippen molar-refractivity contribution in [3.8, 4) is 0 Å². The molecule has 105 valence electrons. The van der Waals surface area contributed by atoms with E-state index in [0.29, 0.717) is 12.1 Å². The molecule has 20 heavy (non-hydrogen) atoms. The molecule has 0 aliphatic carbocycles. The van der Waals surface area contributed by atoms with Gasteiger partial charge in [0.05, 0.1) is 5.56 Å². The van der Waals surface area contributed by atoms with Gasteiger partial charge in [0, 0.05) is 0 Å². The molecule has 0 aliphatic heterocycles. The van der Waals surface area contributed by atoms with Crippen molar-refractivity contribution in [1.82, 2.24) is 0 Å². The summed E-state index contributed by atoms with van der Waals surface area (Å²) in [5.41, 5.74) is -2.03. The third-order valence-electron chi connectivity index (χ3n) is 2.68. The van der Waals surface area contributed by atoms with E-state index in [-0.39, 0.29) is 0 Å². The van der Waals surface area contributed by atoms with Crippen LogP contribution in [0.3, 0.4) is 0 Å². The van der Waals surface area contributed by atoms with Gasteiger partial charge >= 0.3 is 5.92 Å². The summed E-state index contributed by atoms with van der Waals surface area (Å²) >= 11 is 0. The Bertz CT molecular complexity index is 609. The Morgan fingerprint density at radius 1 is 0.800 bits per heavy atom. The fraction of sp³-hybridized carbons (Fsp3) is 0.0714. The Kier molecular flexibility index (Phi) is 3.74. The third-order valence-corrected chi connectivity index (χ3v) is 2.68. The molecule has 0 bridgehead atoms. The minimum Gasteiger partial charge on any atom is -0.227 e. The van der Waals surface area contributed by atoms with Crippen molar-refractivity contribution < 1.29 is 26.3 Å². The topological polar surface area (TPSA) is 0 Å². The lowest BCUT2D eigenvalue weighted by atomic mass is 9.97. The zero-order chi connectivity index (χ0) is 14.9. The number of hydrogen-bond acceptors (Lipinski definition) is 0. The molecule has 0 fully saturated rings. The van der Waals surface area contributed by atoms with Gasteiger partial charge in [-0.15, -0.1) is 0 Å². The standard InChI is InChI=1S/C14H7F6/c15-10-7-6-9(11(16)12(10)17)14(19,20)13(18)8-4-2-1-3-5-8/h1-7H. The van der Waals surface area contributed by atoms with Gasteiger partial charge in [-0.1, -0.05) is 30.3 Å².